The summed E-state index contributed by atoms with van der Waals surface area (Å²) in [5, 5.41) is 13.2. The molecule has 8 heteroatoms. The van der Waals surface area contributed by atoms with Crippen molar-refractivity contribution in [2.24, 2.45) is 0 Å². The molecule has 0 atom stereocenters. The summed E-state index contributed by atoms with van der Waals surface area (Å²) in [5.41, 5.74) is 0.961. The molecule has 120 valence electrons. The molecule has 23 heavy (non-hydrogen) atoms. The maximum atomic E-state index is 11.3. The minimum Gasteiger partial charge on any atom is -0.370 e. The molecule has 0 unspecified atom stereocenters. The molecule has 1 aliphatic rings. The van der Waals surface area contributed by atoms with Crippen molar-refractivity contribution in [3.05, 3.63) is 49.2 Å². The van der Waals surface area contributed by atoms with Crippen molar-refractivity contribution in [1.82, 2.24) is 14.9 Å². The fraction of sp³-hybridized carbons (Fsp3) is 0.333. The highest BCUT2D eigenvalue weighted by atomic mass is 35.5. The summed E-state index contributed by atoms with van der Waals surface area (Å²) in [6.07, 6.45) is 4.00. The molecule has 0 aliphatic carbocycles. The van der Waals surface area contributed by atoms with Crippen molar-refractivity contribution in [1.29, 1.82) is 0 Å². The Hall–Kier alpha value is -1.99. The Labute approximate surface area is 142 Å². The average molecular weight is 351 g/mol. The number of hydrogen-bond acceptors (Lipinski definition) is 6. The number of rotatable bonds is 4. The third-order valence-corrected chi connectivity index (χ3v) is 4.81. The van der Waals surface area contributed by atoms with Crippen LogP contribution >= 0.6 is 22.9 Å². The summed E-state index contributed by atoms with van der Waals surface area (Å²) in [7, 11) is 0. The van der Waals surface area contributed by atoms with Crippen LogP contribution < -0.4 is 0 Å². The predicted octanol–water partition coefficient (Wildman–Crippen LogP) is 4.00. The van der Waals surface area contributed by atoms with Crippen molar-refractivity contribution >= 4 is 40.4 Å². The average Bonchev–Trinajstić information content (AvgIpc) is 3.17. The molecule has 0 spiro atoms. The van der Waals surface area contributed by atoms with Crippen LogP contribution in [0.1, 0.15) is 29.2 Å². The number of thiophene rings is 1. The maximum Gasteiger partial charge on any atom is 0.331 e. The van der Waals surface area contributed by atoms with Crippen LogP contribution in [0.2, 0.25) is 5.15 Å². The number of aromatic nitrogens is 2. The lowest BCUT2D eigenvalue weighted by Gasteiger charge is -2.20. The standard InChI is InChI=1S/C15H15ClN4O2S/c1-10-17-11(14(20(21)22)15(16)18-10)9-12(13-5-4-8-23-13)19-6-2-3-7-19/h4-5,8-9H,2-3,6-7H2,1H3/b12-9-. The molecule has 1 fully saturated rings. The summed E-state index contributed by atoms with van der Waals surface area (Å²) in [6, 6.07) is 3.98. The minimum absolute atomic E-state index is 0.124. The highest BCUT2D eigenvalue weighted by Gasteiger charge is 2.24. The summed E-state index contributed by atoms with van der Waals surface area (Å²) in [6.45, 7) is 3.55. The first kappa shape index (κ1) is 15.9. The molecule has 6 nitrogen and oxygen atoms in total. The Bertz CT molecular complexity index is 755. The van der Waals surface area contributed by atoms with E-state index in [1.807, 2.05) is 17.5 Å². The van der Waals surface area contributed by atoms with E-state index < -0.39 is 4.92 Å². The minimum atomic E-state index is -0.524. The lowest BCUT2D eigenvalue weighted by Crippen LogP contribution is -2.17. The van der Waals surface area contributed by atoms with Crippen LogP contribution in [0.25, 0.3) is 11.8 Å². The molecule has 0 saturated carbocycles. The maximum absolute atomic E-state index is 11.3. The van der Waals surface area contributed by atoms with Gasteiger partial charge in [-0.25, -0.2) is 9.97 Å². The van der Waals surface area contributed by atoms with Gasteiger partial charge in [-0.3, -0.25) is 10.1 Å². The predicted molar refractivity (Wildman–Crippen MR) is 91.4 cm³/mol. The van der Waals surface area contributed by atoms with E-state index in [1.54, 1.807) is 24.3 Å². The van der Waals surface area contributed by atoms with Crippen molar-refractivity contribution in [3.8, 4) is 0 Å². The Morgan fingerprint density at radius 1 is 1.43 bits per heavy atom. The second-order valence-corrected chi connectivity index (χ2v) is 6.56. The summed E-state index contributed by atoms with van der Waals surface area (Å²) in [4.78, 5) is 22.3. The van der Waals surface area contributed by atoms with Crippen LogP contribution in [0, 0.1) is 17.0 Å². The fourth-order valence-electron chi connectivity index (χ4n) is 2.65. The van der Waals surface area contributed by atoms with Crippen molar-refractivity contribution in [2.75, 3.05) is 13.1 Å². The van der Waals surface area contributed by atoms with Gasteiger partial charge in [0.1, 0.15) is 11.5 Å². The van der Waals surface area contributed by atoms with Gasteiger partial charge in [0.2, 0.25) is 5.15 Å². The van der Waals surface area contributed by atoms with Gasteiger partial charge in [-0.2, -0.15) is 0 Å². The Kier molecular flexibility index (Phi) is 4.58. The summed E-state index contributed by atoms with van der Waals surface area (Å²) >= 11 is 7.57. The zero-order chi connectivity index (χ0) is 16.4. The molecule has 0 N–H and O–H groups in total. The molecule has 3 heterocycles. The summed E-state index contributed by atoms with van der Waals surface area (Å²) in [5.74, 6) is 0.416. The van der Waals surface area contributed by atoms with E-state index in [0.29, 0.717) is 5.82 Å². The smallest absolute Gasteiger partial charge is 0.331 e. The van der Waals surface area contributed by atoms with Gasteiger partial charge in [0.25, 0.3) is 0 Å². The monoisotopic (exact) mass is 350 g/mol. The van der Waals surface area contributed by atoms with E-state index in [0.717, 1.165) is 36.5 Å². The Morgan fingerprint density at radius 3 is 2.78 bits per heavy atom. The van der Waals surface area contributed by atoms with E-state index >= 15 is 0 Å². The highest BCUT2D eigenvalue weighted by Crippen LogP contribution is 2.33. The molecule has 0 aromatic carbocycles. The second kappa shape index (κ2) is 6.64. The molecule has 2 aromatic rings. The zero-order valence-corrected chi connectivity index (χ0v) is 14.1. The first-order chi connectivity index (χ1) is 11.1. The molecule has 0 radical (unpaired) electrons. The first-order valence-corrected chi connectivity index (χ1v) is 8.51. The zero-order valence-electron chi connectivity index (χ0n) is 12.5. The molecular formula is C15H15ClN4O2S. The number of likely N-dealkylation sites (tertiary alicyclic amines) is 1. The number of halogens is 1. The van der Waals surface area contributed by atoms with E-state index in [4.69, 9.17) is 11.6 Å². The molecule has 3 rings (SSSR count). The van der Waals surface area contributed by atoms with E-state index in [1.165, 1.54) is 0 Å². The van der Waals surface area contributed by atoms with E-state index in [2.05, 4.69) is 14.9 Å². The Morgan fingerprint density at radius 2 is 2.17 bits per heavy atom. The lowest BCUT2D eigenvalue weighted by atomic mass is 10.2. The highest BCUT2D eigenvalue weighted by molar-refractivity contribution is 7.11. The van der Waals surface area contributed by atoms with Gasteiger partial charge in [-0.15, -0.1) is 11.3 Å². The van der Waals surface area contributed by atoms with Gasteiger partial charge in [0.05, 0.1) is 15.5 Å². The number of nitro groups is 1. The number of aryl methyl sites for hydroxylation is 1. The van der Waals surface area contributed by atoms with E-state index in [-0.39, 0.29) is 16.5 Å². The normalized spacial score (nSPS) is 15.2. The van der Waals surface area contributed by atoms with Crippen LogP contribution in [0.15, 0.2) is 17.5 Å². The van der Waals surface area contributed by atoms with Gasteiger partial charge in [0.15, 0.2) is 0 Å². The van der Waals surface area contributed by atoms with Crippen molar-refractivity contribution in [3.63, 3.8) is 0 Å². The van der Waals surface area contributed by atoms with Gasteiger partial charge < -0.3 is 4.90 Å². The molecule has 1 saturated heterocycles. The molecule has 2 aromatic heterocycles. The topological polar surface area (TPSA) is 72.2 Å². The second-order valence-electron chi connectivity index (χ2n) is 5.25. The largest absolute Gasteiger partial charge is 0.370 e. The molecule has 0 amide bonds. The first-order valence-electron chi connectivity index (χ1n) is 7.25. The molecule has 1 aliphatic heterocycles. The Balaban J connectivity index is 2.14. The number of hydrogen-bond donors (Lipinski definition) is 0. The van der Waals surface area contributed by atoms with Crippen LogP contribution in [0.3, 0.4) is 0 Å². The SMILES string of the molecule is Cc1nc(Cl)c([N+](=O)[O-])c(/C=C(/c2cccs2)N2CCCC2)n1. The van der Waals surface area contributed by atoms with Gasteiger partial charge >= 0.3 is 5.69 Å². The van der Waals surface area contributed by atoms with Crippen molar-refractivity contribution in [2.45, 2.75) is 19.8 Å². The van der Waals surface area contributed by atoms with Crippen LogP contribution in [-0.2, 0) is 0 Å². The molecular weight excluding hydrogens is 336 g/mol. The van der Waals surface area contributed by atoms with Crippen molar-refractivity contribution < 1.29 is 4.92 Å². The molecule has 0 bridgehead atoms. The third kappa shape index (κ3) is 3.35. The third-order valence-electron chi connectivity index (χ3n) is 3.66. The van der Waals surface area contributed by atoms with Crippen LogP contribution in [-0.4, -0.2) is 32.9 Å². The van der Waals surface area contributed by atoms with E-state index in [9.17, 15) is 10.1 Å². The van der Waals surface area contributed by atoms with Crippen LogP contribution in [0.4, 0.5) is 5.69 Å². The fourth-order valence-corrected chi connectivity index (χ4v) is 3.71. The lowest BCUT2D eigenvalue weighted by molar-refractivity contribution is -0.385. The van der Waals surface area contributed by atoms with Gasteiger partial charge in [0, 0.05) is 13.1 Å². The van der Waals surface area contributed by atoms with Crippen LogP contribution in [0.5, 0.6) is 0 Å². The van der Waals surface area contributed by atoms with Gasteiger partial charge in [-0.05, 0) is 37.3 Å². The van der Waals surface area contributed by atoms with Gasteiger partial charge in [-0.1, -0.05) is 17.7 Å². The quantitative estimate of drug-likeness (QED) is 0.473. The number of nitrogens with zero attached hydrogens (tertiary/aromatic N) is 4. The summed E-state index contributed by atoms with van der Waals surface area (Å²) < 4.78 is 0.